The summed E-state index contributed by atoms with van der Waals surface area (Å²) in [5.74, 6) is -1.38. The second-order valence-electron chi connectivity index (χ2n) is 4.97. The Kier molecular flexibility index (Phi) is 7.62. The van der Waals surface area contributed by atoms with E-state index < -0.39 is 11.9 Å². The summed E-state index contributed by atoms with van der Waals surface area (Å²) in [4.78, 5) is 42.9. The molecule has 0 aliphatic carbocycles. The summed E-state index contributed by atoms with van der Waals surface area (Å²) in [6.45, 7) is 3.70. The van der Waals surface area contributed by atoms with Crippen LogP contribution in [0.4, 0.5) is 0 Å². The van der Waals surface area contributed by atoms with E-state index in [0.29, 0.717) is 24.0 Å². The molecule has 2 radical (unpaired) electrons. The minimum atomic E-state index is -0.689. The zero-order chi connectivity index (χ0) is 17.9. The lowest BCUT2D eigenvalue weighted by Gasteiger charge is -2.13. The molecule has 25 heavy (non-hydrogen) atoms. The van der Waals surface area contributed by atoms with Crippen LogP contribution in [0.1, 0.15) is 40.0 Å². The van der Waals surface area contributed by atoms with Crippen molar-refractivity contribution in [2.75, 3.05) is 0 Å². The monoisotopic (exact) mass is 342 g/mol. The molecular formula is C19H18O6. The molecule has 0 amide bonds. The van der Waals surface area contributed by atoms with Crippen molar-refractivity contribution in [1.82, 2.24) is 0 Å². The maximum atomic E-state index is 11.8. The van der Waals surface area contributed by atoms with Crippen molar-refractivity contribution in [2.45, 2.75) is 19.3 Å². The van der Waals surface area contributed by atoms with Crippen LogP contribution in [0, 0.1) is 13.2 Å². The van der Waals surface area contributed by atoms with E-state index in [1.165, 1.54) is 0 Å². The molecule has 6 heteroatoms. The summed E-state index contributed by atoms with van der Waals surface area (Å²) < 4.78 is 0. The molecule has 0 aliphatic heterocycles. The number of unbranched alkanes of at least 4 members (excludes halogenated alkanes) is 1. The first-order valence-corrected chi connectivity index (χ1v) is 7.73. The van der Waals surface area contributed by atoms with E-state index in [0.717, 1.165) is 0 Å². The third-order valence-corrected chi connectivity index (χ3v) is 3.07. The van der Waals surface area contributed by atoms with Gasteiger partial charge >= 0.3 is 18.2 Å². The summed E-state index contributed by atoms with van der Waals surface area (Å²) in [5, 5.41) is 0. The van der Waals surface area contributed by atoms with Gasteiger partial charge in [0, 0.05) is 6.42 Å². The van der Waals surface area contributed by atoms with Gasteiger partial charge in [0.2, 0.25) is 0 Å². The SMILES string of the molecule is [CH2]CCC[C](OOC(=O)c1ccccc1)OOC(=O)c1ccccc1. The van der Waals surface area contributed by atoms with Crippen LogP contribution in [0.25, 0.3) is 0 Å². The summed E-state index contributed by atoms with van der Waals surface area (Å²) in [7, 11) is 0. The van der Waals surface area contributed by atoms with Crippen LogP contribution in [0.15, 0.2) is 60.7 Å². The molecule has 0 N–H and O–H groups in total. The van der Waals surface area contributed by atoms with Gasteiger partial charge < -0.3 is 0 Å². The molecule has 0 saturated carbocycles. The van der Waals surface area contributed by atoms with Gasteiger partial charge in [-0.25, -0.2) is 9.59 Å². The molecule has 2 aromatic rings. The van der Waals surface area contributed by atoms with Crippen molar-refractivity contribution in [2.24, 2.45) is 0 Å². The van der Waals surface area contributed by atoms with Gasteiger partial charge in [-0.2, -0.15) is 0 Å². The molecule has 0 atom stereocenters. The number of carbonyl (C=O) groups excluding carboxylic acids is 2. The van der Waals surface area contributed by atoms with Crippen LogP contribution in [-0.2, 0) is 19.6 Å². The standard InChI is InChI=1S/C19H18O6/c1-2-3-14-17(22-24-18(20)15-10-6-4-7-11-15)23-25-19(21)16-12-8-5-9-13-16/h4-13H,1-3,14H2. The fraction of sp³-hybridized carbons (Fsp3) is 0.158. The van der Waals surface area contributed by atoms with Crippen LogP contribution in [0.3, 0.4) is 0 Å². The molecule has 0 fully saturated rings. The summed E-state index contributed by atoms with van der Waals surface area (Å²) in [6.07, 6.45) is 1.32. The van der Waals surface area contributed by atoms with Crippen LogP contribution < -0.4 is 0 Å². The molecule has 2 rings (SSSR count). The second-order valence-corrected chi connectivity index (χ2v) is 4.97. The zero-order valence-electron chi connectivity index (χ0n) is 13.6. The minimum Gasteiger partial charge on any atom is -0.289 e. The van der Waals surface area contributed by atoms with Crippen LogP contribution in [-0.4, -0.2) is 11.9 Å². The Bertz CT molecular complexity index is 601. The van der Waals surface area contributed by atoms with Crippen molar-refractivity contribution < 1.29 is 29.1 Å². The highest BCUT2D eigenvalue weighted by atomic mass is 17.3. The molecule has 0 heterocycles. The number of hydrogen-bond acceptors (Lipinski definition) is 6. The third kappa shape index (κ3) is 6.37. The number of rotatable bonds is 9. The molecule has 130 valence electrons. The topological polar surface area (TPSA) is 71.1 Å². The largest absolute Gasteiger partial charge is 0.373 e. The zero-order valence-corrected chi connectivity index (χ0v) is 13.6. The van der Waals surface area contributed by atoms with Gasteiger partial charge in [0.05, 0.1) is 11.1 Å². The van der Waals surface area contributed by atoms with E-state index >= 15 is 0 Å². The molecule has 0 bridgehead atoms. The van der Waals surface area contributed by atoms with Gasteiger partial charge in [-0.1, -0.05) is 49.7 Å². The van der Waals surface area contributed by atoms with E-state index in [9.17, 15) is 9.59 Å². The Morgan fingerprint density at radius 1 is 0.720 bits per heavy atom. The molecular weight excluding hydrogens is 324 g/mol. The van der Waals surface area contributed by atoms with E-state index in [-0.39, 0.29) is 12.7 Å². The first kappa shape index (κ1) is 18.6. The fourth-order valence-electron chi connectivity index (χ4n) is 1.78. The lowest BCUT2D eigenvalue weighted by atomic mass is 10.2. The number of benzene rings is 2. The summed E-state index contributed by atoms with van der Waals surface area (Å²) in [6, 6.07) is 16.7. The van der Waals surface area contributed by atoms with Crippen molar-refractivity contribution in [3.63, 3.8) is 0 Å². The quantitative estimate of drug-likeness (QED) is 0.505. The Balaban J connectivity index is 1.85. The van der Waals surface area contributed by atoms with Crippen molar-refractivity contribution >= 4 is 11.9 Å². The predicted octanol–water partition coefficient (Wildman–Crippen LogP) is 4.06. The highest BCUT2D eigenvalue weighted by Crippen LogP contribution is 2.17. The molecule has 6 nitrogen and oxygen atoms in total. The normalized spacial score (nSPS) is 10.5. The van der Waals surface area contributed by atoms with E-state index in [2.05, 4.69) is 6.92 Å². The molecule has 0 spiro atoms. The van der Waals surface area contributed by atoms with E-state index in [1.54, 1.807) is 60.7 Å². The van der Waals surface area contributed by atoms with Gasteiger partial charge in [0.1, 0.15) is 0 Å². The van der Waals surface area contributed by atoms with Gasteiger partial charge in [0.25, 0.3) is 0 Å². The summed E-state index contributed by atoms with van der Waals surface area (Å²) >= 11 is 0. The highest BCUT2D eigenvalue weighted by Gasteiger charge is 2.21. The summed E-state index contributed by atoms with van der Waals surface area (Å²) in [5.41, 5.74) is 0.639. The van der Waals surface area contributed by atoms with Gasteiger partial charge in [0.15, 0.2) is 0 Å². The Hall–Kier alpha value is -2.70. The molecule has 0 aromatic heterocycles. The second kappa shape index (κ2) is 10.2. The lowest BCUT2D eigenvalue weighted by Crippen LogP contribution is -2.16. The number of carbonyl (C=O) groups is 2. The lowest BCUT2D eigenvalue weighted by molar-refractivity contribution is -0.363. The van der Waals surface area contributed by atoms with E-state index in [1.807, 2.05) is 0 Å². The molecule has 0 aliphatic rings. The fourth-order valence-corrected chi connectivity index (χ4v) is 1.78. The van der Waals surface area contributed by atoms with Crippen LogP contribution in [0.5, 0.6) is 0 Å². The first-order chi connectivity index (χ1) is 12.2. The smallest absolute Gasteiger partial charge is 0.289 e. The average Bonchev–Trinajstić information content (AvgIpc) is 2.68. The Labute approximate surface area is 146 Å². The Morgan fingerprint density at radius 2 is 1.16 bits per heavy atom. The minimum absolute atomic E-state index is 0.141. The van der Waals surface area contributed by atoms with Crippen LogP contribution >= 0.6 is 0 Å². The van der Waals surface area contributed by atoms with Crippen molar-refractivity contribution in [3.8, 4) is 0 Å². The Morgan fingerprint density at radius 3 is 1.56 bits per heavy atom. The molecule has 0 unspecified atom stereocenters. The van der Waals surface area contributed by atoms with Gasteiger partial charge in [-0.15, -0.1) is 9.78 Å². The highest BCUT2D eigenvalue weighted by molar-refractivity contribution is 5.89. The van der Waals surface area contributed by atoms with Crippen molar-refractivity contribution in [3.05, 3.63) is 85.0 Å². The molecule has 2 aromatic carbocycles. The molecule has 0 saturated heterocycles. The first-order valence-electron chi connectivity index (χ1n) is 7.73. The third-order valence-electron chi connectivity index (χ3n) is 3.07. The van der Waals surface area contributed by atoms with E-state index in [4.69, 9.17) is 19.6 Å². The van der Waals surface area contributed by atoms with Gasteiger partial charge in [-0.05, 0) is 30.7 Å². The van der Waals surface area contributed by atoms with Gasteiger partial charge in [-0.3, -0.25) is 9.78 Å². The maximum absolute atomic E-state index is 11.8. The van der Waals surface area contributed by atoms with Crippen molar-refractivity contribution in [1.29, 1.82) is 0 Å². The predicted molar refractivity (Wildman–Crippen MR) is 88.3 cm³/mol. The maximum Gasteiger partial charge on any atom is 0.373 e. The average molecular weight is 342 g/mol. The number of hydrogen-bond donors (Lipinski definition) is 0. The van der Waals surface area contributed by atoms with Crippen LogP contribution in [0.2, 0.25) is 0 Å².